The highest BCUT2D eigenvalue weighted by Crippen LogP contribution is 2.39. The average molecular weight is 842 g/mol. The third kappa shape index (κ3) is 10.6. The molecule has 200 valence electrons. The Hall–Kier alpha value is -1.24. The van der Waals surface area contributed by atoms with Gasteiger partial charge in [-0.1, -0.05) is 0 Å². The van der Waals surface area contributed by atoms with Crippen LogP contribution in [0.15, 0.2) is 0 Å². The molecule has 0 heterocycles. The van der Waals surface area contributed by atoms with Crippen molar-refractivity contribution in [3.8, 4) is 0 Å². The fourth-order valence-electron chi connectivity index (χ4n) is 2.64. The molecule has 0 saturated carbocycles. The molecule has 0 bridgehead atoms. The number of rotatable bonds is 11. The Kier molecular flexibility index (Phi) is 13.9. The molecule has 0 aliphatic carbocycles. The van der Waals surface area contributed by atoms with Crippen molar-refractivity contribution in [3.05, 3.63) is 16.3 Å². The predicted molar refractivity (Wildman–Crippen MR) is 158 cm³/mol. The molecule has 36 heavy (non-hydrogen) atoms. The second-order valence-electron chi connectivity index (χ2n) is 8.69. The minimum atomic E-state index is -0.671. The molecule has 0 aromatic heterocycles. The highest BCUT2D eigenvalue weighted by Gasteiger charge is 2.27. The van der Waals surface area contributed by atoms with E-state index in [9.17, 15) is 24.0 Å². The molecule has 10 nitrogen and oxygen atoms in total. The van der Waals surface area contributed by atoms with Crippen LogP contribution in [-0.4, -0.2) is 43.1 Å². The van der Waals surface area contributed by atoms with E-state index in [1.807, 2.05) is 67.8 Å². The number of anilines is 2. The van der Waals surface area contributed by atoms with Gasteiger partial charge in [-0.3, -0.25) is 19.2 Å². The Bertz CT molecular complexity index is 979. The molecule has 0 unspecified atom stereocenters. The third-order valence-corrected chi connectivity index (χ3v) is 7.64. The summed E-state index contributed by atoms with van der Waals surface area (Å²) in [5, 5.41) is 5.42. The van der Waals surface area contributed by atoms with E-state index in [0.717, 1.165) is 0 Å². The summed E-state index contributed by atoms with van der Waals surface area (Å²) in [5.74, 6) is -2.15. The lowest BCUT2D eigenvalue weighted by molar-refractivity contribution is -0.173. The number of halogens is 3. The Morgan fingerprint density at radius 3 is 1.75 bits per heavy atom. The summed E-state index contributed by atoms with van der Waals surface area (Å²) < 4.78 is 16.8. The maximum atomic E-state index is 12.9. The van der Waals surface area contributed by atoms with Gasteiger partial charge in [0.05, 0.1) is 39.7 Å². The highest BCUT2D eigenvalue weighted by atomic mass is 127. The highest BCUT2D eigenvalue weighted by molar-refractivity contribution is 14.1. The summed E-state index contributed by atoms with van der Waals surface area (Å²) in [7, 11) is 0. The molecule has 1 aromatic carbocycles. The van der Waals surface area contributed by atoms with Gasteiger partial charge in [-0.15, -0.1) is 0 Å². The molecule has 0 radical (unpaired) electrons. The average Bonchev–Trinajstić information content (AvgIpc) is 2.75. The molecule has 2 N–H and O–H groups in total. The van der Waals surface area contributed by atoms with Crippen molar-refractivity contribution in [1.82, 2.24) is 0 Å². The number of benzene rings is 1. The van der Waals surface area contributed by atoms with Gasteiger partial charge in [0.1, 0.15) is 0 Å². The summed E-state index contributed by atoms with van der Waals surface area (Å²) in [6, 6.07) is 0. The van der Waals surface area contributed by atoms with E-state index in [0.29, 0.717) is 41.3 Å². The molecule has 1 rings (SSSR count). The van der Waals surface area contributed by atoms with Crippen LogP contribution in [0.3, 0.4) is 0 Å². The number of esters is 3. The van der Waals surface area contributed by atoms with Crippen LogP contribution in [0.4, 0.5) is 11.4 Å². The zero-order chi connectivity index (χ0) is 27.6. The fourth-order valence-corrected chi connectivity index (χ4v) is 6.78. The van der Waals surface area contributed by atoms with Crippen LogP contribution in [0, 0.1) is 16.1 Å². The number of hydrogen-bond donors (Lipinski definition) is 2. The van der Waals surface area contributed by atoms with Crippen molar-refractivity contribution >= 4 is 109 Å². The van der Waals surface area contributed by atoms with E-state index in [2.05, 4.69) is 10.6 Å². The second-order valence-corrected chi connectivity index (χ2v) is 11.9. The van der Waals surface area contributed by atoms with Crippen LogP contribution in [0.25, 0.3) is 0 Å². The summed E-state index contributed by atoms with van der Waals surface area (Å²) >= 11 is 5.95. The van der Waals surface area contributed by atoms with Crippen molar-refractivity contribution in [3.63, 3.8) is 0 Å². The maximum absolute atomic E-state index is 12.9. The molecule has 0 spiro atoms. The Morgan fingerprint density at radius 2 is 1.28 bits per heavy atom. The first kappa shape index (κ1) is 32.8. The number of nitrogens with one attached hydrogen (secondary N) is 2. The van der Waals surface area contributed by atoms with Crippen LogP contribution in [0.2, 0.25) is 0 Å². The summed E-state index contributed by atoms with van der Waals surface area (Å²) in [5.41, 5.74) is 0.422. The topological polar surface area (TPSA) is 137 Å². The van der Waals surface area contributed by atoms with Gasteiger partial charge in [-0.05, 0) is 108 Å². The van der Waals surface area contributed by atoms with E-state index >= 15 is 0 Å². The van der Waals surface area contributed by atoms with Gasteiger partial charge in [0.15, 0.2) is 0 Å². The smallest absolute Gasteiger partial charge is 0.340 e. The van der Waals surface area contributed by atoms with Crippen LogP contribution < -0.4 is 10.6 Å². The van der Waals surface area contributed by atoms with E-state index in [1.54, 1.807) is 20.8 Å². The van der Waals surface area contributed by atoms with E-state index < -0.39 is 30.1 Å². The molecule has 0 aliphatic heterocycles. The molecule has 13 heteroatoms. The van der Waals surface area contributed by atoms with Gasteiger partial charge in [-0.25, -0.2) is 4.79 Å². The Morgan fingerprint density at radius 1 is 0.750 bits per heavy atom. The SMILES string of the molecule is CC(=O)Nc1c(I)c(NC(C)=O)c(I)c(C(=O)OCCCCCC(=O)OCOC(=O)C(C)(C)C)c1I. The van der Waals surface area contributed by atoms with E-state index in [1.165, 1.54) is 13.8 Å². The molecule has 2 amide bonds. The van der Waals surface area contributed by atoms with Crippen molar-refractivity contribution in [2.45, 2.75) is 60.3 Å². The zero-order valence-electron chi connectivity index (χ0n) is 20.6. The number of ether oxygens (including phenoxy) is 3. The lowest BCUT2D eigenvalue weighted by Gasteiger charge is -2.19. The van der Waals surface area contributed by atoms with Crippen LogP contribution in [0.5, 0.6) is 0 Å². The van der Waals surface area contributed by atoms with Gasteiger partial charge in [0, 0.05) is 20.3 Å². The quantitative estimate of drug-likeness (QED) is 0.134. The third-order valence-electron chi connectivity index (χ3n) is 4.40. The Labute approximate surface area is 251 Å². The van der Waals surface area contributed by atoms with Crippen molar-refractivity contribution in [2.75, 3.05) is 24.0 Å². The largest absolute Gasteiger partial charge is 0.462 e. The lowest BCUT2D eigenvalue weighted by Crippen LogP contribution is -2.24. The molecule has 0 fully saturated rings. The molecule has 0 atom stereocenters. The van der Waals surface area contributed by atoms with Crippen LogP contribution in [0.1, 0.15) is 70.7 Å². The summed E-state index contributed by atoms with van der Waals surface area (Å²) in [4.78, 5) is 59.6. The second kappa shape index (κ2) is 15.2. The first-order chi connectivity index (χ1) is 16.7. The molecular formula is C23H29I3N2O8. The van der Waals surface area contributed by atoms with Gasteiger partial charge >= 0.3 is 17.9 Å². The van der Waals surface area contributed by atoms with Crippen molar-refractivity contribution in [2.24, 2.45) is 5.41 Å². The molecule has 0 aliphatic rings. The monoisotopic (exact) mass is 842 g/mol. The van der Waals surface area contributed by atoms with Gasteiger partial charge in [-0.2, -0.15) is 0 Å². The number of unbranched alkanes of at least 4 members (excludes halogenated alkanes) is 2. The van der Waals surface area contributed by atoms with Crippen molar-refractivity contribution < 1.29 is 38.2 Å². The normalized spacial score (nSPS) is 10.9. The zero-order valence-corrected chi connectivity index (χ0v) is 27.1. The van der Waals surface area contributed by atoms with Crippen LogP contribution >= 0.6 is 67.8 Å². The van der Waals surface area contributed by atoms with E-state index in [-0.39, 0.29) is 30.4 Å². The van der Waals surface area contributed by atoms with Crippen molar-refractivity contribution in [1.29, 1.82) is 0 Å². The number of amides is 2. The van der Waals surface area contributed by atoms with Crippen LogP contribution in [-0.2, 0) is 33.4 Å². The van der Waals surface area contributed by atoms with Gasteiger partial charge < -0.3 is 24.8 Å². The maximum Gasteiger partial charge on any atom is 0.340 e. The standard InChI is InChI=1S/C23H29I3N2O8/c1-12(29)27-19-16(24)15(17(25)20(18(19)26)28-13(2)30)21(32)34-10-8-6-7-9-14(31)35-11-36-22(33)23(3,4)5/h6-11H2,1-5H3,(H,27,29)(H,28,30). The molecule has 0 saturated heterocycles. The minimum Gasteiger partial charge on any atom is -0.462 e. The summed E-state index contributed by atoms with van der Waals surface area (Å²) in [6.07, 6.45) is 1.79. The molecular weight excluding hydrogens is 813 g/mol. The lowest BCUT2D eigenvalue weighted by atomic mass is 9.98. The fraction of sp³-hybridized carbons (Fsp3) is 0.522. The van der Waals surface area contributed by atoms with E-state index in [4.69, 9.17) is 14.2 Å². The van der Waals surface area contributed by atoms with Gasteiger partial charge in [0.2, 0.25) is 18.6 Å². The minimum absolute atomic E-state index is 0.125. The Balaban J connectivity index is 2.64. The number of carbonyl (C=O) groups is 5. The van der Waals surface area contributed by atoms with Gasteiger partial charge in [0.25, 0.3) is 0 Å². The first-order valence-electron chi connectivity index (χ1n) is 10.9. The summed E-state index contributed by atoms with van der Waals surface area (Å²) in [6.45, 7) is 7.53. The first-order valence-corrected chi connectivity index (χ1v) is 14.2. The predicted octanol–water partition coefficient (Wildman–Crippen LogP) is 5.22. The number of carbonyl (C=O) groups excluding carboxylic acids is 5. The number of hydrogen-bond acceptors (Lipinski definition) is 8. The molecule has 1 aromatic rings.